The summed E-state index contributed by atoms with van der Waals surface area (Å²) in [7, 11) is 0. The minimum Gasteiger partial charge on any atom is -0.459 e. The number of esters is 1. The molecule has 1 aromatic carbocycles. The van der Waals surface area contributed by atoms with E-state index in [0.29, 0.717) is 5.69 Å². The number of hydrogen-bond acceptors (Lipinski definition) is 7. The van der Waals surface area contributed by atoms with Crippen molar-refractivity contribution >= 4 is 35.2 Å². The number of benzene rings is 1. The van der Waals surface area contributed by atoms with Crippen LogP contribution in [0.4, 0.5) is 5.69 Å². The van der Waals surface area contributed by atoms with Crippen LogP contribution in [-0.2, 0) is 14.3 Å². The van der Waals surface area contributed by atoms with Crippen molar-refractivity contribution < 1.29 is 23.5 Å². The predicted octanol–water partition coefficient (Wildman–Crippen LogP) is 2.83. The smallest absolute Gasteiger partial charge is 0.329 e. The molecule has 2 amide bonds. The van der Waals surface area contributed by atoms with Gasteiger partial charge in [0.25, 0.3) is 11.8 Å². The maximum Gasteiger partial charge on any atom is 0.329 e. The first-order chi connectivity index (χ1) is 13.9. The Bertz CT molecular complexity index is 890. The molecule has 0 saturated heterocycles. The Hall–Kier alpha value is -3.25. The van der Waals surface area contributed by atoms with E-state index >= 15 is 0 Å². The number of nitriles is 1. The van der Waals surface area contributed by atoms with Crippen LogP contribution in [-0.4, -0.2) is 36.2 Å². The number of nitrogens with one attached hydrogen (secondary N) is 2. The predicted molar refractivity (Wildman–Crippen MR) is 107 cm³/mol. The number of para-hydroxylation sites is 1. The lowest BCUT2D eigenvalue weighted by atomic mass is 10.0. The summed E-state index contributed by atoms with van der Waals surface area (Å²) in [5, 5.41) is 13.9. The minimum atomic E-state index is -0.932. The molecule has 1 heterocycles. The van der Waals surface area contributed by atoms with E-state index in [1.807, 2.05) is 6.07 Å². The molecule has 152 valence electrons. The second-order valence-corrected chi connectivity index (χ2v) is 7.29. The molecular formula is C20H21N3O5S. The van der Waals surface area contributed by atoms with Crippen LogP contribution in [0.5, 0.6) is 0 Å². The summed E-state index contributed by atoms with van der Waals surface area (Å²) in [5.74, 6) is -1.72. The Morgan fingerprint density at radius 1 is 1.21 bits per heavy atom. The molecule has 0 spiro atoms. The second-order valence-electron chi connectivity index (χ2n) is 6.27. The van der Waals surface area contributed by atoms with Crippen LogP contribution in [0, 0.1) is 17.2 Å². The molecule has 2 rings (SSSR count). The number of rotatable bonds is 9. The summed E-state index contributed by atoms with van der Waals surface area (Å²) in [5.41, 5.74) is 0.528. The van der Waals surface area contributed by atoms with Gasteiger partial charge in [-0.2, -0.15) is 5.26 Å². The fraction of sp³-hybridized carbons (Fsp3) is 0.300. The van der Waals surface area contributed by atoms with Crippen molar-refractivity contribution in [2.75, 3.05) is 17.7 Å². The van der Waals surface area contributed by atoms with Gasteiger partial charge in [-0.15, -0.1) is 11.8 Å². The molecular weight excluding hydrogens is 394 g/mol. The summed E-state index contributed by atoms with van der Waals surface area (Å²) in [6.45, 7) is 2.99. The molecule has 1 atom stereocenters. The van der Waals surface area contributed by atoms with Gasteiger partial charge in [0.1, 0.15) is 6.04 Å². The van der Waals surface area contributed by atoms with Crippen LogP contribution < -0.4 is 10.6 Å². The summed E-state index contributed by atoms with van der Waals surface area (Å²) >= 11 is 1.29. The number of amides is 2. The van der Waals surface area contributed by atoms with E-state index in [2.05, 4.69) is 10.6 Å². The van der Waals surface area contributed by atoms with Gasteiger partial charge < -0.3 is 19.8 Å². The maximum absolute atomic E-state index is 12.4. The highest BCUT2D eigenvalue weighted by Gasteiger charge is 2.27. The van der Waals surface area contributed by atoms with Crippen LogP contribution >= 0.6 is 11.8 Å². The number of ether oxygens (including phenoxy) is 1. The third-order valence-corrected chi connectivity index (χ3v) is 4.69. The number of carbonyl (C=O) groups excluding carboxylic acids is 3. The van der Waals surface area contributed by atoms with Crippen molar-refractivity contribution in [3.63, 3.8) is 0 Å². The number of furan rings is 1. The fourth-order valence-electron chi connectivity index (χ4n) is 2.34. The monoisotopic (exact) mass is 415 g/mol. The summed E-state index contributed by atoms with van der Waals surface area (Å²) in [6.07, 6.45) is 1.36. The minimum absolute atomic E-state index is 0.0765. The third kappa shape index (κ3) is 6.69. The maximum atomic E-state index is 12.4. The molecule has 0 aliphatic heterocycles. The summed E-state index contributed by atoms with van der Waals surface area (Å²) in [4.78, 5) is 37.4. The second kappa shape index (κ2) is 10.9. The third-order valence-electron chi connectivity index (χ3n) is 3.75. The van der Waals surface area contributed by atoms with E-state index < -0.39 is 30.4 Å². The molecule has 2 N–H and O–H groups in total. The van der Waals surface area contributed by atoms with E-state index in [4.69, 9.17) is 14.4 Å². The van der Waals surface area contributed by atoms with E-state index in [0.717, 1.165) is 4.90 Å². The van der Waals surface area contributed by atoms with Gasteiger partial charge >= 0.3 is 5.97 Å². The molecule has 0 fully saturated rings. The summed E-state index contributed by atoms with van der Waals surface area (Å²) < 4.78 is 10.1. The molecule has 2 aromatic rings. The van der Waals surface area contributed by atoms with Gasteiger partial charge in [0.15, 0.2) is 12.4 Å². The van der Waals surface area contributed by atoms with Gasteiger partial charge in [0, 0.05) is 4.90 Å². The topological polar surface area (TPSA) is 121 Å². The van der Waals surface area contributed by atoms with E-state index in [-0.39, 0.29) is 17.4 Å². The first-order valence-corrected chi connectivity index (χ1v) is 9.80. The Morgan fingerprint density at radius 3 is 2.62 bits per heavy atom. The quantitative estimate of drug-likeness (QED) is 0.477. The van der Waals surface area contributed by atoms with Gasteiger partial charge in [-0.05, 0) is 30.2 Å². The SMILES string of the molecule is CC(C)[C@H](NC(=O)c1ccco1)C(=O)OCC(=O)Nc1ccccc1SCC#N. The molecule has 0 radical (unpaired) electrons. The normalized spacial score (nSPS) is 11.4. The molecule has 0 aliphatic carbocycles. The van der Waals surface area contributed by atoms with Crippen molar-refractivity contribution in [2.24, 2.45) is 5.92 Å². The Labute approximate surface area is 172 Å². The molecule has 0 aliphatic rings. The number of carbonyl (C=O) groups is 3. The van der Waals surface area contributed by atoms with Crippen molar-refractivity contribution in [2.45, 2.75) is 24.8 Å². The van der Waals surface area contributed by atoms with Crippen molar-refractivity contribution in [1.29, 1.82) is 5.26 Å². The Morgan fingerprint density at radius 2 is 1.97 bits per heavy atom. The first kappa shape index (κ1) is 22.0. The molecule has 0 bridgehead atoms. The number of nitrogens with zero attached hydrogens (tertiary/aromatic N) is 1. The van der Waals surface area contributed by atoms with Crippen LogP contribution in [0.1, 0.15) is 24.4 Å². The number of anilines is 1. The molecule has 0 unspecified atom stereocenters. The van der Waals surface area contributed by atoms with Crippen molar-refractivity contribution in [3.8, 4) is 6.07 Å². The Balaban J connectivity index is 1.92. The lowest BCUT2D eigenvalue weighted by molar-refractivity contribution is -0.150. The lowest BCUT2D eigenvalue weighted by Crippen LogP contribution is -2.45. The molecule has 0 saturated carbocycles. The van der Waals surface area contributed by atoms with Crippen LogP contribution in [0.2, 0.25) is 0 Å². The summed E-state index contributed by atoms with van der Waals surface area (Å²) in [6, 6.07) is 11.2. The largest absolute Gasteiger partial charge is 0.459 e. The van der Waals surface area contributed by atoms with Gasteiger partial charge in [-0.1, -0.05) is 26.0 Å². The Kier molecular flexibility index (Phi) is 8.30. The highest BCUT2D eigenvalue weighted by atomic mass is 32.2. The van der Waals surface area contributed by atoms with E-state index in [1.165, 1.54) is 24.1 Å². The average Bonchev–Trinajstić information content (AvgIpc) is 3.24. The van der Waals surface area contributed by atoms with Gasteiger partial charge in [0.2, 0.25) is 0 Å². The van der Waals surface area contributed by atoms with Gasteiger partial charge in [-0.3, -0.25) is 9.59 Å². The van der Waals surface area contributed by atoms with Crippen LogP contribution in [0.25, 0.3) is 0 Å². The average molecular weight is 415 g/mol. The molecule has 1 aromatic heterocycles. The first-order valence-electron chi connectivity index (χ1n) is 8.82. The van der Waals surface area contributed by atoms with Crippen LogP contribution in [0.15, 0.2) is 52.0 Å². The molecule has 29 heavy (non-hydrogen) atoms. The van der Waals surface area contributed by atoms with Crippen molar-refractivity contribution in [1.82, 2.24) is 5.32 Å². The van der Waals surface area contributed by atoms with Gasteiger partial charge in [0.05, 0.1) is 23.8 Å². The standard InChI is InChI=1S/C20H21N3O5S/c1-13(2)18(23-19(25)15-7-5-10-27-15)20(26)28-12-17(24)22-14-6-3-4-8-16(14)29-11-9-21/h3-8,10,13,18H,11-12H2,1-2H3,(H,22,24)(H,23,25)/t18-/m0/s1. The zero-order valence-corrected chi connectivity index (χ0v) is 16.8. The number of thioether (sulfide) groups is 1. The van der Waals surface area contributed by atoms with E-state index in [9.17, 15) is 14.4 Å². The van der Waals surface area contributed by atoms with E-state index in [1.54, 1.807) is 44.2 Å². The lowest BCUT2D eigenvalue weighted by Gasteiger charge is -2.20. The highest BCUT2D eigenvalue weighted by Crippen LogP contribution is 2.26. The molecule has 9 heteroatoms. The van der Waals surface area contributed by atoms with Crippen molar-refractivity contribution in [3.05, 3.63) is 48.4 Å². The van der Waals surface area contributed by atoms with Crippen LogP contribution in [0.3, 0.4) is 0 Å². The molecule has 8 nitrogen and oxygen atoms in total. The van der Waals surface area contributed by atoms with Gasteiger partial charge in [-0.25, -0.2) is 4.79 Å². The zero-order valence-electron chi connectivity index (χ0n) is 16.0. The highest BCUT2D eigenvalue weighted by molar-refractivity contribution is 7.99. The number of hydrogen-bond donors (Lipinski definition) is 2. The zero-order chi connectivity index (χ0) is 21.2. The fourth-order valence-corrected chi connectivity index (χ4v) is 3.01.